The fraction of sp³-hybridized carbons (Fsp3) is 0.364. The van der Waals surface area contributed by atoms with Crippen molar-refractivity contribution >= 4 is 40.5 Å². The van der Waals surface area contributed by atoms with Crippen LogP contribution in [0.1, 0.15) is 39.8 Å². The van der Waals surface area contributed by atoms with Crippen molar-refractivity contribution in [3.05, 3.63) is 52.0 Å². The van der Waals surface area contributed by atoms with E-state index in [0.717, 1.165) is 0 Å². The highest BCUT2D eigenvalue weighted by atomic mass is 32.1. The molecule has 1 saturated heterocycles. The number of anilines is 1. The molecule has 1 fully saturated rings. The lowest BCUT2D eigenvalue weighted by Gasteiger charge is -2.36. The van der Waals surface area contributed by atoms with Crippen LogP contribution in [0.3, 0.4) is 0 Å². The number of rotatable bonds is 8. The van der Waals surface area contributed by atoms with E-state index in [0.29, 0.717) is 42.3 Å². The maximum Gasteiger partial charge on any atom is 0.306 e. The van der Waals surface area contributed by atoms with Crippen LogP contribution in [-0.4, -0.2) is 61.1 Å². The zero-order valence-corrected chi connectivity index (χ0v) is 18.0. The van der Waals surface area contributed by atoms with E-state index in [2.05, 4.69) is 0 Å². The second kappa shape index (κ2) is 10.3. The van der Waals surface area contributed by atoms with Crippen molar-refractivity contribution in [2.75, 3.05) is 37.7 Å². The van der Waals surface area contributed by atoms with Gasteiger partial charge in [0.25, 0.3) is 5.91 Å². The smallest absolute Gasteiger partial charge is 0.306 e. The van der Waals surface area contributed by atoms with Crippen LogP contribution in [-0.2, 0) is 14.3 Å². The summed E-state index contributed by atoms with van der Waals surface area (Å²) < 4.78 is 19.3. The first kappa shape index (κ1) is 22.6. The highest BCUT2D eigenvalue weighted by Gasteiger charge is 2.24. The number of benzene rings is 1. The van der Waals surface area contributed by atoms with Gasteiger partial charge in [-0.3, -0.25) is 19.2 Å². The molecule has 0 radical (unpaired) electrons. The van der Waals surface area contributed by atoms with Crippen molar-refractivity contribution < 1.29 is 28.3 Å². The maximum absolute atomic E-state index is 14.3. The zero-order chi connectivity index (χ0) is 22.4. The van der Waals surface area contributed by atoms with E-state index >= 15 is 0 Å². The molecule has 0 bridgehead atoms. The van der Waals surface area contributed by atoms with Gasteiger partial charge in [-0.15, -0.1) is 11.3 Å². The first-order valence-electron chi connectivity index (χ1n) is 9.90. The van der Waals surface area contributed by atoms with E-state index < -0.39 is 11.8 Å². The number of piperazine rings is 1. The molecule has 2 heterocycles. The number of ketones is 2. The minimum atomic E-state index is -0.593. The number of ether oxygens (including phenoxy) is 1. The Labute approximate surface area is 183 Å². The topological polar surface area (TPSA) is 84.0 Å². The van der Waals surface area contributed by atoms with Gasteiger partial charge >= 0.3 is 5.97 Å². The average Bonchev–Trinajstić information content (AvgIpc) is 3.31. The molecule has 0 spiro atoms. The molecule has 31 heavy (non-hydrogen) atoms. The molecule has 1 aromatic heterocycles. The lowest BCUT2D eigenvalue weighted by molar-refractivity contribution is -0.152. The van der Waals surface area contributed by atoms with Crippen LogP contribution in [0.15, 0.2) is 35.7 Å². The zero-order valence-electron chi connectivity index (χ0n) is 17.1. The number of thiophene rings is 1. The van der Waals surface area contributed by atoms with Crippen LogP contribution < -0.4 is 4.90 Å². The number of Topliss-reactive ketones (excluding diaryl/α,β-unsaturated/α-hetero) is 2. The van der Waals surface area contributed by atoms with E-state index in [4.69, 9.17) is 4.74 Å². The van der Waals surface area contributed by atoms with Gasteiger partial charge in [0, 0.05) is 38.2 Å². The van der Waals surface area contributed by atoms with Gasteiger partial charge in [-0.2, -0.15) is 0 Å². The Morgan fingerprint density at radius 3 is 2.42 bits per heavy atom. The standard InChI is InChI=1S/C22H23FN2O5S/c1-15(26)16-4-5-18(17(23)13-16)24-8-10-25(11-9-24)21(28)14-30-22(29)7-6-19(27)20-3-2-12-31-20/h2-5,12-13H,6-11,14H2,1H3. The van der Waals surface area contributed by atoms with Crippen LogP contribution in [0.4, 0.5) is 10.1 Å². The van der Waals surface area contributed by atoms with Gasteiger partial charge < -0.3 is 14.5 Å². The van der Waals surface area contributed by atoms with E-state index in [1.807, 2.05) is 4.90 Å². The van der Waals surface area contributed by atoms with Gasteiger partial charge in [0.1, 0.15) is 5.82 Å². The number of esters is 1. The van der Waals surface area contributed by atoms with Crippen LogP contribution >= 0.6 is 11.3 Å². The molecular weight excluding hydrogens is 423 g/mol. The summed E-state index contributed by atoms with van der Waals surface area (Å²) in [7, 11) is 0. The second-order valence-electron chi connectivity index (χ2n) is 7.15. The molecule has 0 unspecified atom stereocenters. The minimum Gasteiger partial charge on any atom is -0.456 e. The summed E-state index contributed by atoms with van der Waals surface area (Å²) in [6.45, 7) is 2.57. The summed E-state index contributed by atoms with van der Waals surface area (Å²) in [5, 5.41) is 1.79. The summed E-state index contributed by atoms with van der Waals surface area (Å²) in [5.41, 5.74) is 0.702. The number of halogens is 1. The summed E-state index contributed by atoms with van der Waals surface area (Å²) in [5.74, 6) is -1.72. The van der Waals surface area contributed by atoms with Crippen molar-refractivity contribution in [2.45, 2.75) is 19.8 Å². The summed E-state index contributed by atoms with van der Waals surface area (Å²) >= 11 is 1.32. The van der Waals surface area contributed by atoms with Gasteiger partial charge in [-0.1, -0.05) is 6.07 Å². The first-order valence-corrected chi connectivity index (χ1v) is 10.8. The monoisotopic (exact) mass is 446 g/mol. The van der Waals surface area contributed by atoms with Crippen LogP contribution in [0, 0.1) is 5.82 Å². The quantitative estimate of drug-likeness (QED) is 0.458. The second-order valence-corrected chi connectivity index (χ2v) is 8.10. The normalized spacial score (nSPS) is 13.7. The number of nitrogens with zero attached hydrogens (tertiary/aromatic N) is 2. The summed E-state index contributed by atoms with van der Waals surface area (Å²) in [6.07, 6.45) is -0.0342. The lowest BCUT2D eigenvalue weighted by Crippen LogP contribution is -2.50. The number of hydrogen-bond donors (Lipinski definition) is 0. The SMILES string of the molecule is CC(=O)c1ccc(N2CCN(C(=O)COC(=O)CCC(=O)c3cccs3)CC2)c(F)c1. The predicted octanol–water partition coefficient (Wildman–Crippen LogP) is 2.94. The molecule has 2 aromatic rings. The lowest BCUT2D eigenvalue weighted by atomic mass is 10.1. The van der Waals surface area contributed by atoms with Crippen LogP contribution in [0.2, 0.25) is 0 Å². The molecule has 9 heteroatoms. The van der Waals surface area contributed by atoms with Crippen LogP contribution in [0.5, 0.6) is 0 Å². The molecule has 0 saturated carbocycles. The van der Waals surface area contributed by atoms with Gasteiger partial charge in [0.05, 0.1) is 17.0 Å². The van der Waals surface area contributed by atoms with E-state index in [1.165, 1.54) is 24.3 Å². The predicted molar refractivity (Wildman–Crippen MR) is 114 cm³/mol. The van der Waals surface area contributed by atoms with E-state index in [1.54, 1.807) is 34.5 Å². The van der Waals surface area contributed by atoms with E-state index in [-0.39, 0.29) is 36.9 Å². The van der Waals surface area contributed by atoms with Crippen molar-refractivity contribution in [1.29, 1.82) is 0 Å². The summed E-state index contributed by atoms with van der Waals surface area (Å²) in [4.78, 5) is 51.4. The highest BCUT2D eigenvalue weighted by Crippen LogP contribution is 2.22. The van der Waals surface area contributed by atoms with Crippen LogP contribution in [0.25, 0.3) is 0 Å². The third kappa shape index (κ3) is 5.97. The van der Waals surface area contributed by atoms with Crippen molar-refractivity contribution in [2.24, 2.45) is 0 Å². The third-order valence-corrected chi connectivity index (χ3v) is 5.95. The third-order valence-electron chi connectivity index (χ3n) is 5.04. The van der Waals surface area contributed by atoms with Gasteiger partial charge in [0.15, 0.2) is 18.2 Å². The van der Waals surface area contributed by atoms with Crippen molar-refractivity contribution in [1.82, 2.24) is 4.90 Å². The number of hydrogen-bond acceptors (Lipinski definition) is 7. The Morgan fingerprint density at radius 2 is 1.81 bits per heavy atom. The fourth-order valence-corrected chi connectivity index (χ4v) is 3.96. The molecule has 0 atom stereocenters. The minimum absolute atomic E-state index is 0.0419. The molecule has 1 aromatic carbocycles. The molecule has 164 valence electrons. The fourth-order valence-electron chi connectivity index (χ4n) is 3.26. The Balaban J connectivity index is 1.41. The van der Waals surface area contributed by atoms with Crippen molar-refractivity contribution in [3.63, 3.8) is 0 Å². The molecule has 0 aliphatic carbocycles. The molecule has 1 amide bonds. The average molecular weight is 447 g/mol. The first-order chi connectivity index (χ1) is 14.8. The molecule has 0 N–H and O–H groups in total. The molecule has 3 rings (SSSR count). The highest BCUT2D eigenvalue weighted by molar-refractivity contribution is 7.12. The Morgan fingerprint density at radius 1 is 1.06 bits per heavy atom. The van der Waals surface area contributed by atoms with Gasteiger partial charge in [0.2, 0.25) is 0 Å². The van der Waals surface area contributed by atoms with E-state index in [9.17, 15) is 23.6 Å². The van der Waals surface area contributed by atoms with Gasteiger partial charge in [-0.25, -0.2) is 4.39 Å². The molecule has 1 aliphatic rings. The maximum atomic E-state index is 14.3. The Hall–Kier alpha value is -3.07. The van der Waals surface area contributed by atoms with Gasteiger partial charge in [-0.05, 0) is 36.6 Å². The number of amides is 1. The number of carbonyl (C=O) groups is 4. The summed E-state index contributed by atoms with van der Waals surface area (Å²) in [6, 6.07) is 7.84. The Kier molecular flexibility index (Phi) is 7.51. The molecular formula is C22H23FN2O5S. The Bertz CT molecular complexity index is 968. The number of carbonyl (C=O) groups excluding carboxylic acids is 4. The molecule has 7 nitrogen and oxygen atoms in total. The largest absolute Gasteiger partial charge is 0.456 e. The van der Waals surface area contributed by atoms with Crippen molar-refractivity contribution in [3.8, 4) is 0 Å². The molecule has 1 aliphatic heterocycles.